The van der Waals surface area contributed by atoms with Crippen molar-refractivity contribution in [1.29, 1.82) is 0 Å². The summed E-state index contributed by atoms with van der Waals surface area (Å²) in [4.78, 5) is 4.41. The summed E-state index contributed by atoms with van der Waals surface area (Å²) in [6.07, 6.45) is 5.34. The van der Waals surface area contributed by atoms with Crippen LogP contribution in [0.4, 0.5) is 5.69 Å². The van der Waals surface area contributed by atoms with Crippen molar-refractivity contribution in [1.82, 2.24) is 14.8 Å². The molecule has 7 heteroatoms. The Morgan fingerprint density at radius 1 is 1.24 bits per heavy atom. The van der Waals surface area contributed by atoms with Gasteiger partial charge in [0.25, 0.3) is 0 Å². The molecule has 0 aliphatic heterocycles. The number of benzene rings is 1. The Balaban J connectivity index is 1.82. The lowest BCUT2D eigenvalue weighted by molar-refractivity contribution is 0.308. The molecule has 0 aliphatic carbocycles. The molecule has 2 aromatic heterocycles. The topological polar surface area (TPSA) is 61.2 Å². The summed E-state index contributed by atoms with van der Waals surface area (Å²) in [6, 6.07) is 9.72. The van der Waals surface area contributed by atoms with Crippen molar-refractivity contribution in [3.8, 4) is 17.3 Å². The van der Waals surface area contributed by atoms with Gasteiger partial charge >= 0.3 is 0 Å². The second-order valence-corrected chi connectivity index (χ2v) is 6.08. The molecule has 130 valence electrons. The highest BCUT2D eigenvalue weighted by Crippen LogP contribution is 2.36. The molecule has 25 heavy (non-hydrogen) atoms. The summed E-state index contributed by atoms with van der Waals surface area (Å²) in [5.41, 5.74) is 1.96. The van der Waals surface area contributed by atoms with Crippen molar-refractivity contribution < 1.29 is 9.47 Å². The van der Waals surface area contributed by atoms with Crippen LogP contribution in [0.3, 0.4) is 0 Å². The first-order valence-electron chi connectivity index (χ1n) is 7.91. The zero-order chi connectivity index (χ0) is 17.6. The molecule has 0 unspecified atom stereocenters. The summed E-state index contributed by atoms with van der Waals surface area (Å²) >= 11 is 3.55. The molecule has 0 saturated heterocycles. The Morgan fingerprint density at radius 3 is 2.84 bits per heavy atom. The molecule has 0 bridgehead atoms. The minimum Gasteiger partial charge on any atom is -0.493 e. The quantitative estimate of drug-likeness (QED) is 0.645. The lowest BCUT2D eigenvalue weighted by Gasteiger charge is -2.15. The maximum atomic E-state index is 5.63. The van der Waals surface area contributed by atoms with Crippen molar-refractivity contribution in [2.45, 2.75) is 13.5 Å². The van der Waals surface area contributed by atoms with Crippen molar-refractivity contribution >= 4 is 21.6 Å². The van der Waals surface area contributed by atoms with Gasteiger partial charge in [0.2, 0.25) is 0 Å². The number of aromatic nitrogens is 3. The van der Waals surface area contributed by atoms with Gasteiger partial charge in [0, 0.05) is 25.1 Å². The summed E-state index contributed by atoms with van der Waals surface area (Å²) in [7, 11) is 1.64. The molecular formula is C18H19BrN4O2. The van der Waals surface area contributed by atoms with Crippen LogP contribution in [0.15, 0.2) is 53.4 Å². The van der Waals surface area contributed by atoms with Crippen LogP contribution >= 0.6 is 15.9 Å². The van der Waals surface area contributed by atoms with E-state index in [4.69, 9.17) is 9.47 Å². The van der Waals surface area contributed by atoms with E-state index in [0.29, 0.717) is 24.7 Å². The van der Waals surface area contributed by atoms with E-state index >= 15 is 0 Å². The fourth-order valence-electron chi connectivity index (χ4n) is 2.47. The summed E-state index contributed by atoms with van der Waals surface area (Å²) in [5.74, 6) is 2.17. The lowest BCUT2D eigenvalue weighted by atomic mass is 10.2. The first-order valence-corrected chi connectivity index (χ1v) is 8.70. The number of hydrogen-bond acceptors (Lipinski definition) is 5. The molecule has 3 rings (SSSR count). The molecule has 0 saturated carbocycles. The number of rotatable bonds is 7. The normalized spacial score (nSPS) is 10.5. The number of hydrogen-bond donors (Lipinski definition) is 1. The molecule has 3 aromatic rings. The third kappa shape index (κ3) is 3.93. The average Bonchev–Trinajstić information content (AvgIpc) is 3.16. The van der Waals surface area contributed by atoms with E-state index in [0.717, 1.165) is 21.5 Å². The molecule has 1 aromatic carbocycles. The number of halogens is 1. The highest BCUT2D eigenvalue weighted by molar-refractivity contribution is 9.10. The highest BCUT2D eigenvalue weighted by Gasteiger charge is 2.12. The molecule has 6 nitrogen and oxygen atoms in total. The van der Waals surface area contributed by atoms with Crippen molar-refractivity contribution in [2.24, 2.45) is 0 Å². The maximum Gasteiger partial charge on any atom is 0.176 e. The maximum absolute atomic E-state index is 5.63. The van der Waals surface area contributed by atoms with Gasteiger partial charge in [0.1, 0.15) is 0 Å². The Labute approximate surface area is 154 Å². The van der Waals surface area contributed by atoms with E-state index in [-0.39, 0.29) is 0 Å². The minimum absolute atomic E-state index is 0.579. The van der Waals surface area contributed by atoms with E-state index < -0.39 is 0 Å². The van der Waals surface area contributed by atoms with E-state index in [1.165, 1.54) is 0 Å². The van der Waals surface area contributed by atoms with Crippen molar-refractivity contribution in [3.05, 3.63) is 59.0 Å². The smallest absolute Gasteiger partial charge is 0.176 e. The van der Waals surface area contributed by atoms with Gasteiger partial charge in [-0.2, -0.15) is 5.10 Å². The fraction of sp³-hybridized carbons (Fsp3) is 0.222. The highest BCUT2D eigenvalue weighted by atomic mass is 79.9. The van der Waals surface area contributed by atoms with Gasteiger partial charge in [-0.3, -0.25) is 0 Å². The van der Waals surface area contributed by atoms with Gasteiger partial charge in [-0.15, -0.1) is 0 Å². The molecule has 0 radical (unpaired) electrons. The van der Waals surface area contributed by atoms with Crippen LogP contribution in [0, 0.1) is 0 Å². The van der Waals surface area contributed by atoms with Gasteiger partial charge in [0.05, 0.1) is 23.9 Å². The van der Waals surface area contributed by atoms with Crippen LogP contribution in [0.1, 0.15) is 12.5 Å². The number of pyridine rings is 1. The van der Waals surface area contributed by atoms with Crippen LogP contribution in [-0.4, -0.2) is 28.5 Å². The molecule has 0 spiro atoms. The first-order chi connectivity index (χ1) is 12.2. The molecule has 0 amide bonds. The fourth-order valence-corrected chi connectivity index (χ4v) is 3.07. The average molecular weight is 403 g/mol. The van der Waals surface area contributed by atoms with Crippen LogP contribution in [0.5, 0.6) is 11.5 Å². The Hall–Kier alpha value is -2.54. The molecule has 0 fully saturated rings. The van der Waals surface area contributed by atoms with Crippen LogP contribution in [-0.2, 0) is 6.54 Å². The van der Waals surface area contributed by atoms with Crippen LogP contribution < -0.4 is 14.8 Å². The first kappa shape index (κ1) is 17.3. The monoisotopic (exact) mass is 402 g/mol. The minimum atomic E-state index is 0.579. The standard InChI is InChI=1S/C18H19BrN4O2/c1-3-25-17-14(19)10-13(11-16(17)24-2)12-21-15-6-4-7-20-18(15)23-9-5-8-22-23/h4-11,21H,3,12H2,1-2H3. The zero-order valence-electron chi connectivity index (χ0n) is 14.1. The van der Waals surface area contributed by atoms with Gasteiger partial charge in [-0.1, -0.05) is 0 Å². The number of nitrogens with one attached hydrogen (secondary N) is 1. The van der Waals surface area contributed by atoms with E-state index in [9.17, 15) is 0 Å². The van der Waals surface area contributed by atoms with Gasteiger partial charge in [-0.25, -0.2) is 9.67 Å². The number of methoxy groups -OCH3 is 1. The molecule has 0 aliphatic rings. The third-order valence-electron chi connectivity index (χ3n) is 3.57. The van der Waals surface area contributed by atoms with Crippen LogP contribution in [0.25, 0.3) is 5.82 Å². The van der Waals surface area contributed by atoms with Crippen molar-refractivity contribution in [3.63, 3.8) is 0 Å². The number of nitrogens with zero attached hydrogens (tertiary/aromatic N) is 3. The van der Waals surface area contributed by atoms with Gasteiger partial charge < -0.3 is 14.8 Å². The predicted octanol–water partition coefficient (Wildman–Crippen LogP) is 4.05. The SMILES string of the molecule is CCOc1c(Br)cc(CNc2cccnc2-n2cccn2)cc1OC. The van der Waals surface area contributed by atoms with E-state index in [2.05, 4.69) is 31.3 Å². The number of ether oxygens (including phenoxy) is 2. The van der Waals surface area contributed by atoms with Crippen molar-refractivity contribution in [2.75, 3.05) is 19.0 Å². The molecule has 2 heterocycles. The zero-order valence-corrected chi connectivity index (χ0v) is 15.7. The molecule has 0 atom stereocenters. The Bertz CT molecular complexity index is 837. The largest absolute Gasteiger partial charge is 0.493 e. The summed E-state index contributed by atoms with van der Waals surface area (Å²) in [5, 5.41) is 7.65. The second kappa shape index (κ2) is 8.02. The molecular weight excluding hydrogens is 384 g/mol. The van der Waals surface area contributed by atoms with Crippen LogP contribution in [0.2, 0.25) is 0 Å². The summed E-state index contributed by atoms with van der Waals surface area (Å²) in [6.45, 7) is 3.14. The van der Waals surface area contributed by atoms with Gasteiger partial charge in [0.15, 0.2) is 17.3 Å². The third-order valence-corrected chi connectivity index (χ3v) is 4.16. The Morgan fingerprint density at radius 2 is 2.12 bits per heavy atom. The van der Waals surface area contributed by atoms with E-state index in [1.807, 2.05) is 43.5 Å². The lowest BCUT2D eigenvalue weighted by Crippen LogP contribution is -2.07. The summed E-state index contributed by atoms with van der Waals surface area (Å²) < 4.78 is 13.7. The van der Waals surface area contributed by atoms with E-state index in [1.54, 1.807) is 24.2 Å². The predicted molar refractivity (Wildman–Crippen MR) is 101 cm³/mol. The van der Waals surface area contributed by atoms with Gasteiger partial charge in [-0.05, 0) is 58.7 Å². The Kier molecular flexibility index (Phi) is 5.55. The second-order valence-electron chi connectivity index (χ2n) is 5.22. The number of anilines is 1. The molecule has 1 N–H and O–H groups in total.